The molecular weight excluding hydrogens is 312 g/mol. The van der Waals surface area contributed by atoms with Crippen LogP contribution in [0.4, 0.5) is 0 Å². The van der Waals surface area contributed by atoms with Crippen molar-refractivity contribution in [2.45, 2.75) is 0 Å². The minimum absolute atomic E-state index is 0.190. The predicted molar refractivity (Wildman–Crippen MR) is 87.5 cm³/mol. The SMILES string of the molecule is O=C(O)c1cccc(-c2noc(-c3cc4ccccc4s3)n2)c1. The molecule has 0 fully saturated rings. The predicted octanol–water partition coefficient (Wildman–Crippen LogP) is 4.32. The van der Waals surface area contributed by atoms with Crippen LogP contribution in [-0.4, -0.2) is 21.2 Å². The van der Waals surface area contributed by atoms with Gasteiger partial charge in [-0.05, 0) is 29.7 Å². The van der Waals surface area contributed by atoms with E-state index in [0.29, 0.717) is 17.3 Å². The van der Waals surface area contributed by atoms with Gasteiger partial charge in [-0.2, -0.15) is 4.98 Å². The lowest BCUT2D eigenvalue weighted by Crippen LogP contribution is -1.96. The van der Waals surface area contributed by atoms with Gasteiger partial charge in [0.05, 0.1) is 10.4 Å². The fraction of sp³-hybridized carbons (Fsp3) is 0. The van der Waals surface area contributed by atoms with Gasteiger partial charge in [-0.3, -0.25) is 0 Å². The molecule has 0 atom stereocenters. The molecule has 0 amide bonds. The van der Waals surface area contributed by atoms with Crippen LogP contribution in [0.2, 0.25) is 0 Å². The van der Waals surface area contributed by atoms with E-state index in [1.807, 2.05) is 30.3 Å². The molecule has 0 aliphatic heterocycles. The molecule has 0 unspecified atom stereocenters. The second kappa shape index (κ2) is 5.33. The normalized spacial score (nSPS) is 11.0. The van der Waals surface area contributed by atoms with Gasteiger partial charge in [-0.15, -0.1) is 11.3 Å². The number of carboxylic acid groups (broad SMARTS) is 1. The zero-order valence-corrected chi connectivity index (χ0v) is 12.6. The lowest BCUT2D eigenvalue weighted by molar-refractivity contribution is 0.0697. The molecule has 1 N–H and O–H groups in total. The first-order valence-corrected chi connectivity index (χ1v) is 7.69. The van der Waals surface area contributed by atoms with Crippen molar-refractivity contribution < 1.29 is 14.4 Å². The summed E-state index contributed by atoms with van der Waals surface area (Å²) in [6.07, 6.45) is 0. The Labute approximate surface area is 134 Å². The molecule has 5 nitrogen and oxygen atoms in total. The lowest BCUT2D eigenvalue weighted by atomic mass is 10.1. The number of thiophene rings is 1. The molecule has 23 heavy (non-hydrogen) atoms. The quantitative estimate of drug-likeness (QED) is 0.608. The van der Waals surface area contributed by atoms with Gasteiger partial charge in [-0.1, -0.05) is 35.5 Å². The number of fused-ring (bicyclic) bond motifs is 1. The van der Waals surface area contributed by atoms with Gasteiger partial charge >= 0.3 is 5.97 Å². The molecule has 6 heteroatoms. The largest absolute Gasteiger partial charge is 0.478 e. The van der Waals surface area contributed by atoms with Crippen LogP contribution < -0.4 is 0 Å². The van der Waals surface area contributed by atoms with Crippen LogP contribution in [-0.2, 0) is 0 Å². The van der Waals surface area contributed by atoms with Gasteiger partial charge < -0.3 is 9.63 Å². The zero-order valence-electron chi connectivity index (χ0n) is 11.8. The standard InChI is InChI=1S/C17H10N2O3S/c20-17(21)12-6-3-5-11(8-12)15-18-16(22-19-15)14-9-10-4-1-2-7-13(10)23-14/h1-9H,(H,20,21). The molecule has 0 aliphatic rings. The number of aromatic carboxylic acids is 1. The summed E-state index contributed by atoms with van der Waals surface area (Å²) in [5.41, 5.74) is 0.803. The number of hydrogen-bond acceptors (Lipinski definition) is 5. The van der Waals surface area contributed by atoms with Gasteiger partial charge in [-0.25, -0.2) is 4.79 Å². The minimum atomic E-state index is -0.986. The smallest absolute Gasteiger partial charge is 0.335 e. The van der Waals surface area contributed by atoms with E-state index in [1.165, 1.54) is 12.1 Å². The van der Waals surface area contributed by atoms with Crippen LogP contribution in [0.25, 0.3) is 32.2 Å². The Morgan fingerprint density at radius 2 is 1.96 bits per heavy atom. The summed E-state index contributed by atoms with van der Waals surface area (Å²) < 4.78 is 6.49. The second-order valence-corrected chi connectivity index (χ2v) is 6.04. The topological polar surface area (TPSA) is 76.2 Å². The van der Waals surface area contributed by atoms with E-state index >= 15 is 0 Å². The monoisotopic (exact) mass is 322 g/mol. The summed E-state index contributed by atoms with van der Waals surface area (Å²) >= 11 is 1.58. The van der Waals surface area contributed by atoms with Crippen LogP contribution in [0, 0.1) is 0 Å². The van der Waals surface area contributed by atoms with Crippen molar-refractivity contribution in [3.05, 3.63) is 60.2 Å². The highest BCUT2D eigenvalue weighted by Gasteiger charge is 2.14. The summed E-state index contributed by atoms with van der Waals surface area (Å²) in [5, 5.41) is 14.1. The van der Waals surface area contributed by atoms with E-state index in [0.717, 1.165) is 15.0 Å². The van der Waals surface area contributed by atoms with Crippen LogP contribution in [0.1, 0.15) is 10.4 Å². The van der Waals surface area contributed by atoms with Crippen molar-refractivity contribution in [1.82, 2.24) is 10.1 Å². The Kier molecular flexibility index (Phi) is 3.17. The van der Waals surface area contributed by atoms with Gasteiger partial charge in [0.25, 0.3) is 5.89 Å². The average Bonchev–Trinajstić information content (AvgIpc) is 3.21. The molecule has 0 saturated heterocycles. The third-order valence-electron chi connectivity index (χ3n) is 3.43. The van der Waals surface area contributed by atoms with Crippen molar-refractivity contribution >= 4 is 27.4 Å². The molecule has 0 spiro atoms. The van der Waals surface area contributed by atoms with Gasteiger partial charge in [0, 0.05) is 10.3 Å². The zero-order chi connectivity index (χ0) is 15.8. The Balaban J connectivity index is 1.74. The summed E-state index contributed by atoms with van der Waals surface area (Å²) in [6, 6.07) is 16.5. The van der Waals surface area contributed by atoms with Gasteiger partial charge in [0.2, 0.25) is 5.82 Å². The number of rotatable bonds is 3. The van der Waals surface area contributed by atoms with Crippen LogP contribution in [0.5, 0.6) is 0 Å². The molecular formula is C17H10N2O3S. The van der Waals surface area contributed by atoms with Crippen molar-refractivity contribution in [2.24, 2.45) is 0 Å². The molecule has 4 aromatic rings. The fourth-order valence-corrected chi connectivity index (χ4v) is 3.30. The number of benzene rings is 2. The Morgan fingerprint density at radius 3 is 2.78 bits per heavy atom. The third-order valence-corrected chi connectivity index (χ3v) is 4.53. The van der Waals surface area contributed by atoms with E-state index < -0.39 is 5.97 Å². The first-order valence-electron chi connectivity index (χ1n) is 6.87. The van der Waals surface area contributed by atoms with Gasteiger partial charge in [0.15, 0.2) is 0 Å². The Hall–Kier alpha value is -2.99. The van der Waals surface area contributed by atoms with Crippen molar-refractivity contribution in [3.63, 3.8) is 0 Å². The molecule has 2 aromatic heterocycles. The highest BCUT2D eigenvalue weighted by Crippen LogP contribution is 2.33. The van der Waals surface area contributed by atoms with Crippen molar-refractivity contribution in [2.75, 3.05) is 0 Å². The fourth-order valence-electron chi connectivity index (χ4n) is 2.32. The Bertz CT molecular complexity index is 986. The summed E-state index contributed by atoms with van der Waals surface area (Å²) in [5.74, 6) is -0.178. The average molecular weight is 322 g/mol. The first kappa shape index (κ1) is 13.7. The lowest BCUT2D eigenvalue weighted by Gasteiger charge is -1.96. The van der Waals surface area contributed by atoms with Gasteiger partial charge in [0.1, 0.15) is 0 Å². The number of nitrogens with zero attached hydrogens (tertiary/aromatic N) is 2. The number of aromatic nitrogens is 2. The maximum atomic E-state index is 11.0. The van der Waals surface area contributed by atoms with Crippen molar-refractivity contribution in [3.8, 4) is 22.2 Å². The number of carboxylic acids is 1. The molecule has 0 radical (unpaired) electrons. The van der Waals surface area contributed by atoms with E-state index in [1.54, 1.807) is 23.5 Å². The molecule has 0 saturated carbocycles. The highest BCUT2D eigenvalue weighted by atomic mass is 32.1. The molecule has 2 heterocycles. The summed E-state index contributed by atoms with van der Waals surface area (Å²) in [6.45, 7) is 0. The molecule has 4 rings (SSSR count). The summed E-state index contributed by atoms with van der Waals surface area (Å²) in [4.78, 5) is 16.3. The molecule has 112 valence electrons. The number of carbonyl (C=O) groups is 1. The molecule has 0 aliphatic carbocycles. The second-order valence-electron chi connectivity index (χ2n) is 4.96. The van der Waals surface area contributed by atoms with E-state index in [-0.39, 0.29) is 5.56 Å². The van der Waals surface area contributed by atoms with E-state index in [2.05, 4.69) is 10.1 Å². The van der Waals surface area contributed by atoms with Crippen LogP contribution >= 0.6 is 11.3 Å². The van der Waals surface area contributed by atoms with Crippen LogP contribution in [0.3, 0.4) is 0 Å². The highest BCUT2D eigenvalue weighted by molar-refractivity contribution is 7.22. The minimum Gasteiger partial charge on any atom is -0.478 e. The van der Waals surface area contributed by atoms with E-state index in [9.17, 15) is 4.79 Å². The molecule has 2 aromatic carbocycles. The van der Waals surface area contributed by atoms with E-state index in [4.69, 9.17) is 9.63 Å². The first-order chi connectivity index (χ1) is 11.2. The van der Waals surface area contributed by atoms with Crippen LogP contribution in [0.15, 0.2) is 59.1 Å². The maximum Gasteiger partial charge on any atom is 0.335 e. The summed E-state index contributed by atoms with van der Waals surface area (Å²) in [7, 11) is 0. The molecule has 0 bridgehead atoms. The third kappa shape index (κ3) is 2.49. The maximum absolute atomic E-state index is 11.0. The Morgan fingerprint density at radius 1 is 1.09 bits per heavy atom. The van der Waals surface area contributed by atoms with Crippen molar-refractivity contribution in [1.29, 1.82) is 0 Å². The number of hydrogen-bond donors (Lipinski definition) is 1.